The van der Waals surface area contributed by atoms with Gasteiger partial charge in [0.2, 0.25) is 11.8 Å². The maximum absolute atomic E-state index is 13.5. The van der Waals surface area contributed by atoms with E-state index in [0.29, 0.717) is 0 Å². The van der Waals surface area contributed by atoms with E-state index >= 15 is 0 Å². The number of benzene rings is 1. The summed E-state index contributed by atoms with van der Waals surface area (Å²) in [6.07, 6.45) is 0. The Hall–Kier alpha value is -1.62. The van der Waals surface area contributed by atoms with Crippen LogP contribution in [0.3, 0.4) is 0 Å². The van der Waals surface area contributed by atoms with Gasteiger partial charge in [-0.25, -0.2) is 4.39 Å². The Morgan fingerprint density at radius 3 is 2.53 bits per heavy atom. The quantitative estimate of drug-likeness (QED) is 0.812. The topological polar surface area (TPSA) is 72.2 Å². The molecule has 1 atom stereocenters. The van der Waals surface area contributed by atoms with Gasteiger partial charge in [-0.15, -0.1) is 11.6 Å². The number of anilines is 1. The van der Waals surface area contributed by atoms with Gasteiger partial charge in [0, 0.05) is 16.8 Å². The van der Waals surface area contributed by atoms with E-state index in [0.717, 1.165) is 6.07 Å². The molecule has 0 aliphatic rings. The molecule has 3 N–H and O–H groups in total. The van der Waals surface area contributed by atoms with Crippen LogP contribution in [0, 0.1) is 12.7 Å². The predicted octanol–water partition coefficient (Wildman–Crippen LogP) is 1.80. The average molecular weight is 259 g/mol. The minimum atomic E-state index is -0.765. The molecule has 0 saturated heterocycles. The molecular formula is C11H12ClFN2O2. The fourth-order valence-corrected chi connectivity index (χ4v) is 1.24. The first kappa shape index (κ1) is 13.4. The molecule has 4 nitrogen and oxygen atoms in total. The van der Waals surface area contributed by atoms with Crippen LogP contribution in [0.4, 0.5) is 10.1 Å². The maximum Gasteiger partial charge on any atom is 0.248 e. The number of amides is 2. The third-order valence-electron chi connectivity index (χ3n) is 2.25. The first-order valence-corrected chi connectivity index (χ1v) is 5.31. The summed E-state index contributed by atoms with van der Waals surface area (Å²) in [5.74, 6) is -1.85. The molecule has 0 aliphatic heterocycles. The van der Waals surface area contributed by atoms with Gasteiger partial charge in [-0.05, 0) is 26.0 Å². The van der Waals surface area contributed by atoms with Gasteiger partial charge in [0.15, 0.2) is 0 Å². The van der Waals surface area contributed by atoms with Gasteiger partial charge in [-0.2, -0.15) is 0 Å². The lowest BCUT2D eigenvalue weighted by atomic mass is 10.1. The van der Waals surface area contributed by atoms with Gasteiger partial charge < -0.3 is 11.1 Å². The SMILES string of the molecule is Cc1c(F)cc(C(N)=O)cc1NC(=O)C(C)Cl. The van der Waals surface area contributed by atoms with Crippen molar-refractivity contribution in [2.75, 3.05) is 5.32 Å². The van der Waals surface area contributed by atoms with Crippen molar-refractivity contribution in [2.24, 2.45) is 5.73 Å². The van der Waals surface area contributed by atoms with Gasteiger partial charge in [0.25, 0.3) is 0 Å². The highest BCUT2D eigenvalue weighted by molar-refractivity contribution is 6.32. The van der Waals surface area contributed by atoms with Crippen LogP contribution in [0.5, 0.6) is 0 Å². The highest BCUT2D eigenvalue weighted by atomic mass is 35.5. The number of halogens is 2. The second-order valence-corrected chi connectivity index (χ2v) is 4.25. The molecule has 0 fully saturated rings. The Balaban J connectivity index is 3.14. The van der Waals surface area contributed by atoms with Crippen molar-refractivity contribution in [1.29, 1.82) is 0 Å². The molecule has 0 spiro atoms. The van der Waals surface area contributed by atoms with Crippen molar-refractivity contribution in [3.05, 3.63) is 29.1 Å². The summed E-state index contributed by atoms with van der Waals surface area (Å²) < 4.78 is 13.5. The van der Waals surface area contributed by atoms with E-state index in [9.17, 15) is 14.0 Å². The van der Waals surface area contributed by atoms with Gasteiger partial charge in [-0.3, -0.25) is 9.59 Å². The number of rotatable bonds is 3. The van der Waals surface area contributed by atoms with Crippen LogP contribution in [0.1, 0.15) is 22.8 Å². The molecule has 0 heterocycles. The Bertz CT molecular complexity index is 475. The summed E-state index contributed by atoms with van der Waals surface area (Å²) in [7, 11) is 0. The second-order valence-electron chi connectivity index (χ2n) is 3.60. The highest BCUT2D eigenvalue weighted by Gasteiger charge is 2.14. The van der Waals surface area contributed by atoms with Crippen molar-refractivity contribution in [2.45, 2.75) is 19.2 Å². The third kappa shape index (κ3) is 3.17. The number of nitrogens with one attached hydrogen (secondary N) is 1. The van der Waals surface area contributed by atoms with Crippen LogP contribution < -0.4 is 11.1 Å². The molecule has 92 valence electrons. The Morgan fingerprint density at radius 1 is 1.47 bits per heavy atom. The van der Waals surface area contributed by atoms with E-state index in [1.807, 2.05) is 0 Å². The van der Waals surface area contributed by atoms with E-state index in [4.69, 9.17) is 17.3 Å². The summed E-state index contributed by atoms with van der Waals surface area (Å²) in [5.41, 5.74) is 5.45. The zero-order valence-corrected chi connectivity index (χ0v) is 10.1. The fourth-order valence-electron chi connectivity index (χ4n) is 1.18. The molecule has 1 aromatic carbocycles. The number of hydrogen-bond acceptors (Lipinski definition) is 2. The maximum atomic E-state index is 13.5. The number of nitrogens with two attached hydrogens (primary N) is 1. The lowest BCUT2D eigenvalue weighted by Gasteiger charge is -2.11. The minimum absolute atomic E-state index is 0.00868. The molecule has 2 amide bonds. The molecule has 17 heavy (non-hydrogen) atoms. The molecule has 0 bridgehead atoms. The van der Waals surface area contributed by atoms with Crippen LogP contribution in [-0.2, 0) is 4.79 Å². The summed E-state index contributed by atoms with van der Waals surface area (Å²) in [4.78, 5) is 22.3. The summed E-state index contributed by atoms with van der Waals surface area (Å²) in [6, 6.07) is 2.34. The number of carbonyl (C=O) groups is 2. The molecule has 0 radical (unpaired) electrons. The van der Waals surface area contributed by atoms with Crippen molar-refractivity contribution in [1.82, 2.24) is 0 Å². The lowest BCUT2D eigenvalue weighted by molar-refractivity contribution is -0.115. The molecule has 1 rings (SSSR count). The van der Waals surface area contributed by atoms with E-state index in [2.05, 4.69) is 5.32 Å². The Labute approximate surface area is 103 Å². The standard InChI is InChI=1S/C11H12ClFN2O2/c1-5-8(13)3-7(10(14)16)4-9(5)15-11(17)6(2)12/h3-4,6H,1-2H3,(H2,14,16)(H,15,17). The van der Waals surface area contributed by atoms with Crippen molar-refractivity contribution >= 4 is 29.1 Å². The second kappa shape index (κ2) is 5.14. The summed E-state index contributed by atoms with van der Waals surface area (Å²) in [5, 5.41) is 1.67. The molecule has 0 saturated carbocycles. The van der Waals surface area contributed by atoms with Gasteiger partial charge in [0.05, 0.1) is 0 Å². The van der Waals surface area contributed by atoms with Crippen molar-refractivity contribution in [3.8, 4) is 0 Å². The van der Waals surface area contributed by atoms with Crippen LogP contribution >= 0.6 is 11.6 Å². The fraction of sp³-hybridized carbons (Fsp3) is 0.273. The number of carbonyl (C=O) groups excluding carboxylic acids is 2. The number of alkyl halides is 1. The van der Waals surface area contributed by atoms with Crippen molar-refractivity contribution in [3.63, 3.8) is 0 Å². The predicted molar refractivity (Wildman–Crippen MR) is 63.6 cm³/mol. The third-order valence-corrected chi connectivity index (χ3v) is 2.45. The van der Waals surface area contributed by atoms with E-state index in [1.54, 1.807) is 0 Å². The molecule has 6 heteroatoms. The summed E-state index contributed by atoms with van der Waals surface area (Å²) in [6.45, 7) is 2.97. The zero-order chi connectivity index (χ0) is 13.2. The monoisotopic (exact) mass is 258 g/mol. The Morgan fingerprint density at radius 2 is 2.06 bits per heavy atom. The minimum Gasteiger partial charge on any atom is -0.366 e. The molecule has 1 unspecified atom stereocenters. The van der Waals surface area contributed by atoms with Gasteiger partial charge in [-0.1, -0.05) is 0 Å². The van der Waals surface area contributed by atoms with Crippen LogP contribution in [0.15, 0.2) is 12.1 Å². The van der Waals surface area contributed by atoms with E-state index < -0.39 is 23.0 Å². The molecule has 1 aromatic rings. The average Bonchev–Trinajstić information content (AvgIpc) is 2.23. The smallest absolute Gasteiger partial charge is 0.248 e. The first-order valence-electron chi connectivity index (χ1n) is 4.87. The zero-order valence-electron chi connectivity index (χ0n) is 9.38. The molecule has 0 aliphatic carbocycles. The van der Waals surface area contributed by atoms with Crippen LogP contribution in [-0.4, -0.2) is 17.2 Å². The molecule has 0 aromatic heterocycles. The number of primary amides is 1. The normalized spacial score (nSPS) is 12.0. The highest BCUT2D eigenvalue weighted by Crippen LogP contribution is 2.21. The van der Waals surface area contributed by atoms with E-state index in [-0.39, 0.29) is 16.8 Å². The van der Waals surface area contributed by atoms with Gasteiger partial charge >= 0.3 is 0 Å². The largest absolute Gasteiger partial charge is 0.366 e. The van der Waals surface area contributed by atoms with Crippen LogP contribution in [0.2, 0.25) is 0 Å². The summed E-state index contributed by atoms with van der Waals surface area (Å²) >= 11 is 5.58. The van der Waals surface area contributed by atoms with Gasteiger partial charge in [0.1, 0.15) is 11.2 Å². The van der Waals surface area contributed by atoms with Crippen molar-refractivity contribution < 1.29 is 14.0 Å². The number of hydrogen-bond donors (Lipinski definition) is 2. The molecular weight excluding hydrogens is 247 g/mol. The first-order chi connectivity index (χ1) is 7.82. The lowest BCUT2D eigenvalue weighted by Crippen LogP contribution is -2.22. The van der Waals surface area contributed by atoms with E-state index in [1.165, 1.54) is 19.9 Å². The van der Waals surface area contributed by atoms with Crippen LogP contribution in [0.25, 0.3) is 0 Å². The Kier molecular flexibility index (Phi) is 4.07.